The average Bonchev–Trinajstić information content (AvgIpc) is 2.98. The fraction of sp³-hybridized carbons (Fsp3) is 0.222. The Morgan fingerprint density at radius 1 is 1.21 bits per heavy atom. The minimum Gasteiger partial charge on any atom is -0.333 e. The molecule has 4 nitrogen and oxygen atoms in total. The Morgan fingerprint density at radius 2 is 1.96 bits per heavy atom. The van der Waals surface area contributed by atoms with Gasteiger partial charge in [-0.2, -0.15) is 5.10 Å². The third-order valence-corrected chi connectivity index (χ3v) is 4.23. The van der Waals surface area contributed by atoms with Crippen molar-refractivity contribution >= 4 is 16.8 Å². The summed E-state index contributed by atoms with van der Waals surface area (Å²) >= 11 is 0. The molecule has 0 aliphatic rings. The van der Waals surface area contributed by atoms with Crippen LogP contribution >= 0.6 is 0 Å². The van der Waals surface area contributed by atoms with E-state index in [2.05, 4.69) is 10.2 Å². The van der Waals surface area contributed by atoms with E-state index in [1.54, 1.807) is 14.0 Å². The second-order valence-corrected chi connectivity index (χ2v) is 5.88. The van der Waals surface area contributed by atoms with E-state index >= 15 is 0 Å². The number of halogens is 2. The third-order valence-electron chi connectivity index (χ3n) is 4.23. The summed E-state index contributed by atoms with van der Waals surface area (Å²) in [6, 6.07) is 8.23. The molecule has 0 bridgehead atoms. The van der Waals surface area contributed by atoms with Crippen LogP contribution in [0.1, 0.15) is 34.6 Å². The van der Waals surface area contributed by atoms with Crippen LogP contribution in [0, 0.1) is 18.6 Å². The minimum absolute atomic E-state index is 0.127. The highest BCUT2D eigenvalue weighted by molar-refractivity contribution is 6.04. The summed E-state index contributed by atoms with van der Waals surface area (Å²) < 4.78 is 27.4. The van der Waals surface area contributed by atoms with Crippen molar-refractivity contribution in [3.8, 4) is 0 Å². The Labute approximate surface area is 138 Å². The quantitative estimate of drug-likeness (QED) is 0.790. The summed E-state index contributed by atoms with van der Waals surface area (Å²) in [5, 5.41) is 7.62. The van der Waals surface area contributed by atoms with Gasteiger partial charge >= 0.3 is 0 Å². The number of carbonyl (C=O) groups is 1. The highest BCUT2D eigenvalue weighted by atomic mass is 19.1. The number of rotatable bonds is 3. The maximum atomic E-state index is 14.0. The average molecular weight is 329 g/mol. The Kier molecular flexibility index (Phi) is 4.05. The van der Waals surface area contributed by atoms with Crippen LogP contribution in [0.5, 0.6) is 0 Å². The number of aromatic nitrogens is 2. The largest absolute Gasteiger partial charge is 0.333 e. The molecule has 0 fully saturated rings. The molecule has 2 aromatic carbocycles. The first-order valence-electron chi connectivity index (χ1n) is 7.55. The standard InChI is InChI=1S/C18H17F2N3O/c1-10-4-7-16-14(8-10)17(22-21-16)18(24)23(3)11(2)13-9-12(19)5-6-15(13)20/h4-9,11H,1-3H3,(H,21,22). The number of hydrogen-bond acceptors (Lipinski definition) is 2. The van der Waals surface area contributed by atoms with Crippen LogP contribution in [0.15, 0.2) is 36.4 Å². The monoisotopic (exact) mass is 329 g/mol. The van der Waals surface area contributed by atoms with E-state index in [1.165, 1.54) is 4.90 Å². The maximum Gasteiger partial charge on any atom is 0.275 e. The minimum atomic E-state index is -0.634. The van der Waals surface area contributed by atoms with Gasteiger partial charge in [-0.15, -0.1) is 0 Å². The fourth-order valence-corrected chi connectivity index (χ4v) is 2.68. The first-order valence-corrected chi connectivity index (χ1v) is 7.55. The molecule has 1 atom stereocenters. The molecule has 1 amide bonds. The number of nitrogens with one attached hydrogen (secondary N) is 1. The number of benzene rings is 2. The van der Waals surface area contributed by atoms with Gasteiger partial charge in [-0.25, -0.2) is 8.78 Å². The van der Waals surface area contributed by atoms with Gasteiger partial charge in [0.15, 0.2) is 5.69 Å². The van der Waals surface area contributed by atoms with Crippen molar-refractivity contribution in [2.24, 2.45) is 0 Å². The number of H-pyrrole nitrogens is 1. The molecule has 24 heavy (non-hydrogen) atoms. The molecule has 0 saturated carbocycles. The first-order chi connectivity index (χ1) is 11.4. The summed E-state index contributed by atoms with van der Waals surface area (Å²) in [6.07, 6.45) is 0. The molecule has 6 heteroatoms. The zero-order valence-corrected chi connectivity index (χ0v) is 13.6. The van der Waals surface area contributed by atoms with E-state index < -0.39 is 17.7 Å². The molecule has 0 aliphatic carbocycles. The number of aromatic amines is 1. The van der Waals surface area contributed by atoms with Crippen LogP contribution < -0.4 is 0 Å². The first kappa shape index (κ1) is 16.1. The van der Waals surface area contributed by atoms with E-state index in [0.29, 0.717) is 5.39 Å². The number of aryl methyl sites for hydroxylation is 1. The molecule has 0 spiro atoms. The topological polar surface area (TPSA) is 49.0 Å². The van der Waals surface area contributed by atoms with Gasteiger partial charge in [0, 0.05) is 18.0 Å². The van der Waals surface area contributed by atoms with Crippen molar-refractivity contribution in [2.75, 3.05) is 7.05 Å². The molecular weight excluding hydrogens is 312 g/mol. The van der Waals surface area contributed by atoms with Crippen molar-refractivity contribution in [1.29, 1.82) is 0 Å². The molecule has 0 aliphatic heterocycles. The van der Waals surface area contributed by atoms with Gasteiger partial charge in [-0.05, 0) is 44.2 Å². The Morgan fingerprint density at radius 3 is 2.71 bits per heavy atom. The van der Waals surface area contributed by atoms with E-state index in [4.69, 9.17) is 0 Å². The van der Waals surface area contributed by atoms with Crippen molar-refractivity contribution in [3.05, 3.63) is 64.9 Å². The Balaban J connectivity index is 1.96. The number of nitrogens with zero attached hydrogens (tertiary/aromatic N) is 2. The lowest BCUT2D eigenvalue weighted by molar-refractivity contribution is 0.0736. The van der Waals surface area contributed by atoms with Gasteiger partial charge in [0.05, 0.1) is 11.6 Å². The molecule has 3 rings (SSSR count). The van der Waals surface area contributed by atoms with E-state index in [-0.39, 0.29) is 17.2 Å². The van der Waals surface area contributed by atoms with Gasteiger partial charge in [-0.1, -0.05) is 11.6 Å². The van der Waals surface area contributed by atoms with Gasteiger partial charge < -0.3 is 4.90 Å². The molecule has 1 unspecified atom stereocenters. The Bertz CT molecular complexity index is 920. The molecule has 124 valence electrons. The van der Waals surface area contributed by atoms with Crippen LogP contribution in [-0.2, 0) is 0 Å². The molecule has 1 N–H and O–H groups in total. The lowest BCUT2D eigenvalue weighted by atomic mass is 10.1. The number of hydrogen-bond donors (Lipinski definition) is 1. The Hall–Kier alpha value is -2.76. The lowest BCUT2D eigenvalue weighted by Gasteiger charge is -2.25. The fourth-order valence-electron chi connectivity index (χ4n) is 2.68. The molecule has 1 aromatic heterocycles. The summed E-state index contributed by atoms with van der Waals surface area (Å²) in [5.41, 5.74) is 2.15. The lowest BCUT2D eigenvalue weighted by Crippen LogP contribution is -2.30. The maximum absolute atomic E-state index is 14.0. The van der Waals surface area contributed by atoms with Crippen LogP contribution in [0.3, 0.4) is 0 Å². The van der Waals surface area contributed by atoms with Gasteiger partial charge in [-0.3, -0.25) is 9.89 Å². The second-order valence-electron chi connectivity index (χ2n) is 5.88. The second kappa shape index (κ2) is 6.03. The van der Waals surface area contributed by atoms with Gasteiger partial charge in [0.25, 0.3) is 5.91 Å². The van der Waals surface area contributed by atoms with E-state index in [9.17, 15) is 13.6 Å². The smallest absolute Gasteiger partial charge is 0.275 e. The molecule has 0 saturated heterocycles. The third kappa shape index (κ3) is 2.75. The zero-order chi connectivity index (χ0) is 17.4. The predicted octanol–water partition coefficient (Wildman–Crippen LogP) is 3.98. The van der Waals surface area contributed by atoms with Crippen molar-refractivity contribution in [2.45, 2.75) is 19.9 Å². The predicted molar refractivity (Wildman–Crippen MR) is 87.7 cm³/mol. The van der Waals surface area contributed by atoms with Crippen LogP contribution in [0.2, 0.25) is 0 Å². The van der Waals surface area contributed by atoms with Crippen molar-refractivity contribution in [3.63, 3.8) is 0 Å². The summed E-state index contributed by atoms with van der Waals surface area (Å²) in [5.74, 6) is -1.45. The van der Waals surface area contributed by atoms with Crippen molar-refractivity contribution in [1.82, 2.24) is 15.1 Å². The highest BCUT2D eigenvalue weighted by Crippen LogP contribution is 2.26. The number of amides is 1. The summed E-state index contributed by atoms with van der Waals surface area (Å²) in [7, 11) is 1.55. The van der Waals surface area contributed by atoms with Crippen molar-refractivity contribution < 1.29 is 13.6 Å². The molecule has 1 heterocycles. The summed E-state index contributed by atoms with van der Waals surface area (Å²) in [4.78, 5) is 14.1. The molecule has 3 aromatic rings. The van der Waals surface area contributed by atoms with Gasteiger partial charge in [0.1, 0.15) is 11.6 Å². The normalized spacial score (nSPS) is 12.4. The van der Waals surface area contributed by atoms with E-state index in [1.807, 2.05) is 25.1 Å². The molecular formula is C18H17F2N3O. The highest BCUT2D eigenvalue weighted by Gasteiger charge is 2.25. The van der Waals surface area contributed by atoms with Crippen LogP contribution in [-0.4, -0.2) is 28.1 Å². The number of carbonyl (C=O) groups excluding carboxylic acids is 1. The van der Waals surface area contributed by atoms with Crippen LogP contribution in [0.4, 0.5) is 8.78 Å². The van der Waals surface area contributed by atoms with Crippen LogP contribution in [0.25, 0.3) is 10.9 Å². The number of fused-ring (bicyclic) bond motifs is 1. The van der Waals surface area contributed by atoms with Gasteiger partial charge in [0.2, 0.25) is 0 Å². The van der Waals surface area contributed by atoms with E-state index in [0.717, 1.165) is 29.3 Å². The summed E-state index contributed by atoms with van der Waals surface area (Å²) in [6.45, 7) is 3.57. The SMILES string of the molecule is Cc1ccc2[nH]nc(C(=O)N(C)C(C)c3cc(F)ccc3F)c2c1. The zero-order valence-electron chi connectivity index (χ0n) is 13.6. The molecule has 0 radical (unpaired) electrons.